The van der Waals surface area contributed by atoms with Crippen LogP contribution in [0.5, 0.6) is 0 Å². The zero-order chi connectivity index (χ0) is 9.26. The smallest absolute Gasteiger partial charge is 0.138 e. The minimum absolute atomic E-state index is 0.590. The lowest BCUT2D eigenvalue weighted by Crippen LogP contribution is -1.93. The molecule has 2 heterocycles. The summed E-state index contributed by atoms with van der Waals surface area (Å²) in [6.07, 6.45) is 4.93. The summed E-state index contributed by atoms with van der Waals surface area (Å²) in [5.74, 6) is 0. The van der Waals surface area contributed by atoms with Crippen molar-refractivity contribution >= 4 is 22.5 Å². The fourth-order valence-corrected chi connectivity index (χ4v) is 1.74. The van der Waals surface area contributed by atoms with E-state index in [2.05, 4.69) is 22.7 Å². The normalized spacial score (nSPS) is 10.9. The van der Waals surface area contributed by atoms with E-state index in [1.165, 1.54) is 5.52 Å². The Morgan fingerprint density at radius 1 is 1.46 bits per heavy atom. The molecule has 0 aliphatic heterocycles. The van der Waals surface area contributed by atoms with Crippen molar-refractivity contribution in [3.8, 4) is 0 Å². The summed E-state index contributed by atoms with van der Waals surface area (Å²) in [6.45, 7) is 3.19. The molecule has 0 saturated heterocycles. The van der Waals surface area contributed by atoms with Crippen molar-refractivity contribution in [2.45, 2.75) is 19.9 Å². The third-order valence-electron chi connectivity index (χ3n) is 2.11. The van der Waals surface area contributed by atoms with E-state index in [4.69, 9.17) is 11.6 Å². The molecule has 2 nitrogen and oxygen atoms in total. The van der Waals surface area contributed by atoms with Gasteiger partial charge in [-0.1, -0.05) is 18.5 Å². The van der Waals surface area contributed by atoms with Gasteiger partial charge in [0.25, 0.3) is 0 Å². The Hall–Kier alpha value is -1.02. The quantitative estimate of drug-likeness (QED) is 0.672. The SMILES string of the molecule is CCCn1ccc2c(Cl)nccc21. The lowest BCUT2D eigenvalue weighted by molar-refractivity contribution is 0.703. The van der Waals surface area contributed by atoms with E-state index in [-0.39, 0.29) is 0 Å². The average molecular weight is 195 g/mol. The highest BCUT2D eigenvalue weighted by atomic mass is 35.5. The molecule has 68 valence electrons. The first-order valence-electron chi connectivity index (χ1n) is 4.42. The third kappa shape index (κ3) is 1.42. The van der Waals surface area contributed by atoms with Crippen molar-refractivity contribution in [1.82, 2.24) is 9.55 Å². The van der Waals surface area contributed by atoms with Crippen LogP contribution in [0.4, 0.5) is 0 Å². The van der Waals surface area contributed by atoms with Gasteiger partial charge in [-0.15, -0.1) is 0 Å². The van der Waals surface area contributed by atoms with Crippen molar-refractivity contribution in [3.63, 3.8) is 0 Å². The van der Waals surface area contributed by atoms with Crippen LogP contribution in [0.15, 0.2) is 24.5 Å². The highest BCUT2D eigenvalue weighted by Gasteiger charge is 2.03. The van der Waals surface area contributed by atoms with Gasteiger partial charge in [0.2, 0.25) is 0 Å². The van der Waals surface area contributed by atoms with Crippen LogP contribution in [-0.4, -0.2) is 9.55 Å². The zero-order valence-electron chi connectivity index (χ0n) is 7.50. The number of hydrogen-bond donors (Lipinski definition) is 0. The molecule has 0 aromatic carbocycles. The van der Waals surface area contributed by atoms with Crippen LogP contribution in [0, 0.1) is 0 Å². The summed E-state index contributed by atoms with van der Waals surface area (Å²) in [6, 6.07) is 4.01. The molecular formula is C10H11ClN2. The van der Waals surface area contributed by atoms with E-state index in [0.717, 1.165) is 18.4 Å². The van der Waals surface area contributed by atoms with Gasteiger partial charge >= 0.3 is 0 Å². The number of aryl methyl sites for hydroxylation is 1. The van der Waals surface area contributed by atoms with Crippen LogP contribution in [0.2, 0.25) is 5.15 Å². The predicted octanol–water partition coefficient (Wildman–Crippen LogP) is 3.10. The van der Waals surface area contributed by atoms with Gasteiger partial charge < -0.3 is 4.57 Å². The Bertz CT molecular complexity index is 420. The minimum Gasteiger partial charge on any atom is -0.347 e. The zero-order valence-corrected chi connectivity index (χ0v) is 8.25. The lowest BCUT2D eigenvalue weighted by atomic mass is 10.3. The fraction of sp³-hybridized carbons (Fsp3) is 0.300. The third-order valence-corrected chi connectivity index (χ3v) is 2.41. The van der Waals surface area contributed by atoms with Crippen molar-refractivity contribution in [3.05, 3.63) is 29.7 Å². The van der Waals surface area contributed by atoms with E-state index in [1.807, 2.05) is 12.1 Å². The maximum atomic E-state index is 5.95. The van der Waals surface area contributed by atoms with E-state index < -0.39 is 0 Å². The molecule has 2 aromatic heterocycles. The largest absolute Gasteiger partial charge is 0.347 e. The number of halogens is 1. The molecule has 0 aliphatic carbocycles. The maximum Gasteiger partial charge on any atom is 0.138 e. The van der Waals surface area contributed by atoms with Crippen molar-refractivity contribution in [2.24, 2.45) is 0 Å². The summed E-state index contributed by atoms with van der Waals surface area (Å²) in [4.78, 5) is 4.03. The van der Waals surface area contributed by atoms with Crippen molar-refractivity contribution < 1.29 is 0 Å². The molecule has 13 heavy (non-hydrogen) atoms. The number of nitrogens with zero attached hydrogens (tertiary/aromatic N) is 2. The summed E-state index contributed by atoms with van der Waals surface area (Å²) in [7, 11) is 0. The highest BCUT2D eigenvalue weighted by molar-refractivity contribution is 6.34. The number of fused-ring (bicyclic) bond motifs is 1. The molecule has 0 spiro atoms. The molecule has 3 heteroatoms. The number of rotatable bonds is 2. The molecule has 0 radical (unpaired) electrons. The lowest BCUT2D eigenvalue weighted by Gasteiger charge is -2.01. The molecular weight excluding hydrogens is 184 g/mol. The highest BCUT2D eigenvalue weighted by Crippen LogP contribution is 2.21. The van der Waals surface area contributed by atoms with Gasteiger partial charge in [-0.3, -0.25) is 0 Å². The van der Waals surface area contributed by atoms with Crippen LogP contribution < -0.4 is 0 Å². The maximum absolute atomic E-state index is 5.95. The Morgan fingerprint density at radius 3 is 3.08 bits per heavy atom. The molecule has 2 rings (SSSR count). The first-order valence-corrected chi connectivity index (χ1v) is 4.80. The summed E-state index contributed by atoms with van der Waals surface area (Å²) in [5.41, 5.74) is 1.17. The topological polar surface area (TPSA) is 17.8 Å². The molecule has 0 aliphatic rings. The fourth-order valence-electron chi connectivity index (χ4n) is 1.52. The van der Waals surface area contributed by atoms with Gasteiger partial charge in [0.05, 0.1) is 5.52 Å². The van der Waals surface area contributed by atoms with Gasteiger partial charge in [0, 0.05) is 24.3 Å². The van der Waals surface area contributed by atoms with Crippen LogP contribution in [0.3, 0.4) is 0 Å². The van der Waals surface area contributed by atoms with Gasteiger partial charge in [0.1, 0.15) is 5.15 Å². The Balaban J connectivity index is 2.61. The second kappa shape index (κ2) is 3.38. The van der Waals surface area contributed by atoms with Gasteiger partial charge in [-0.05, 0) is 18.6 Å². The molecule has 0 fully saturated rings. The van der Waals surface area contributed by atoms with Gasteiger partial charge in [0.15, 0.2) is 0 Å². The second-order valence-electron chi connectivity index (χ2n) is 3.04. The monoisotopic (exact) mass is 194 g/mol. The summed E-state index contributed by atoms with van der Waals surface area (Å²) in [5, 5.41) is 1.63. The molecule has 0 unspecified atom stereocenters. The number of aromatic nitrogens is 2. The number of hydrogen-bond acceptors (Lipinski definition) is 1. The van der Waals surface area contributed by atoms with Crippen LogP contribution in [-0.2, 0) is 6.54 Å². The Labute approximate surface area is 82.1 Å². The van der Waals surface area contributed by atoms with Crippen LogP contribution >= 0.6 is 11.6 Å². The van der Waals surface area contributed by atoms with E-state index in [9.17, 15) is 0 Å². The molecule has 0 saturated carbocycles. The second-order valence-corrected chi connectivity index (χ2v) is 3.40. The van der Waals surface area contributed by atoms with Crippen LogP contribution in [0.25, 0.3) is 10.9 Å². The summed E-state index contributed by atoms with van der Waals surface area (Å²) < 4.78 is 2.20. The molecule has 0 bridgehead atoms. The summed E-state index contributed by atoms with van der Waals surface area (Å²) >= 11 is 5.95. The van der Waals surface area contributed by atoms with Gasteiger partial charge in [-0.25, -0.2) is 4.98 Å². The predicted molar refractivity (Wildman–Crippen MR) is 55.0 cm³/mol. The van der Waals surface area contributed by atoms with Crippen LogP contribution in [0.1, 0.15) is 13.3 Å². The average Bonchev–Trinajstić information content (AvgIpc) is 2.51. The van der Waals surface area contributed by atoms with E-state index >= 15 is 0 Å². The van der Waals surface area contributed by atoms with Crippen molar-refractivity contribution in [2.75, 3.05) is 0 Å². The molecule has 0 N–H and O–H groups in total. The van der Waals surface area contributed by atoms with E-state index in [0.29, 0.717) is 5.15 Å². The first-order chi connectivity index (χ1) is 6.33. The van der Waals surface area contributed by atoms with Gasteiger partial charge in [-0.2, -0.15) is 0 Å². The molecule has 0 amide bonds. The molecule has 0 atom stereocenters. The first kappa shape index (κ1) is 8.57. The molecule has 2 aromatic rings. The Morgan fingerprint density at radius 2 is 2.31 bits per heavy atom. The minimum atomic E-state index is 0.590. The van der Waals surface area contributed by atoms with E-state index in [1.54, 1.807) is 6.20 Å². The van der Waals surface area contributed by atoms with Crippen molar-refractivity contribution in [1.29, 1.82) is 0 Å². The Kier molecular flexibility index (Phi) is 2.23. The standard InChI is InChI=1S/C10H11ClN2/c1-2-6-13-7-4-8-9(13)3-5-12-10(8)11/h3-5,7H,2,6H2,1H3. The number of pyridine rings is 1.